The van der Waals surface area contributed by atoms with Crippen molar-refractivity contribution in [2.24, 2.45) is 0 Å². The van der Waals surface area contributed by atoms with Crippen LogP contribution in [0, 0.1) is 0 Å². The summed E-state index contributed by atoms with van der Waals surface area (Å²) < 4.78 is 0. The quantitative estimate of drug-likeness (QED) is 0.837. The number of nitrogen functional groups attached to an aromatic ring is 1. The fourth-order valence-electron chi connectivity index (χ4n) is 2.32. The SMILES string of the molecule is CSC1CCC(NC(=O)c2cc(N)cc(Cl)c2Cl)C1. The van der Waals surface area contributed by atoms with Gasteiger partial charge in [-0.2, -0.15) is 11.8 Å². The first-order chi connectivity index (χ1) is 9.01. The van der Waals surface area contributed by atoms with Crippen LogP contribution in [-0.2, 0) is 0 Å². The van der Waals surface area contributed by atoms with Gasteiger partial charge in [-0.3, -0.25) is 4.79 Å². The van der Waals surface area contributed by atoms with Gasteiger partial charge in [-0.25, -0.2) is 0 Å². The fourth-order valence-corrected chi connectivity index (χ4v) is 3.54. The molecule has 19 heavy (non-hydrogen) atoms. The minimum Gasteiger partial charge on any atom is -0.399 e. The van der Waals surface area contributed by atoms with Crippen LogP contribution in [0.3, 0.4) is 0 Å². The van der Waals surface area contributed by atoms with E-state index < -0.39 is 0 Å². The zero-order chi connectivity index (χ0) is 14.0. The Morgan fingerprint density at radius 2 is 2.16 bits per heavy atom. The van der Waals surface area contributed by atoms with E-state index in [4.69, 9.17) is 28.9 Å². The molecule has 3 nitrogen and oxygen atoms in total. The Morgan fingerprint density at radius 1 is 1.42 bits per heavy atom. The lowest BCUT2D eigenvalue weighted by molar-refractivity contribution is 0.0938. The van der Waals surface area contributed by atoms with Crippen LogP contribution in [0.4, 0.5) is 5.69 Å². The highest BCUT2D eigenvalue weighted by atomic mass is 35.5. The van der Waals surface area contributed by atoms with Crippen molar-refractivity contribution in [1.29, 1.82) is 0 Å². The summed E-state index contributed by atoms with van der Waals surface area (Å²) in [5.41, 5.74) is 6.48. The van der Waals surface area contributed by atoms with Crippen LogP contribution in [0.15, 0.2) is 12.1 Å². The van der Waals surface area contributed by atoms with Crippen LogP contribution >= 0.6 is 35.0 Å². The highest BCUT2D eigenvalue weighted by Crippen LogP contribution is 2.31. The Hall–Kier alpha value is -0.580. The highest BCUT2D eigenvalue weighted by Gasteiger charge is 2.26. The third-order valence-corrected chi connectivity index (χ3v) is 5.25. The number of amides is 1. The summed E-state index contributed by atoms with van der Waals surface area (Å²) in [7, 11) is 0. The van der Waals surface area contributed by atoms with E-state index in [1.54, 1.807) is 12.1 Å². The van der Waals surface area contributed by atoms with Crippen molar-refractivity contribution in [2.75, 3.05) is 12.0 Å². The molecule has 2 unspecified atom stereocenters. The number of carbonyl (C=O) groups excluding carboxylic acids is 1. The molecule has 2 atom stereocenters. The average molecular weight is 319 g/mol. The summed E-state index contributed by atoms with van der Waals surface area (Å²) in [4.78, 5) is 12.2. The van der Waals surface area contributed by atoms with Gasteiger partial charge in [0.1, 0.15) is 0 Å². The van der Waals surface area contributed by atoms with Crippen LogP contribution in [0.2, 0.25) is 10.0 Å². The molecule has 0 spiro atoms. The summed E-state index contributed by atoms with van der Waals surface area (Å²) in [5, 5.41) is 4.20. The van der Waals surface area contributed by atoms with Crippen LogP contribution in [0.25, 0.3) is 0 Å². The summed E-state index contributed by atoms with van der Waals surface area (Å²) in [6, 6.07) is 3.31. The molecule has 1 aromatic rings. The van der Waals surface area contributed by atoms with E-state index in [0.29, 0.717) is 21.5 Å². The van der Waals surface area contributed by atoms with Crippen LogP contribution in [0.1, 0.15) is 29.6 Å². The zero-order valence-electron chi connectivity index (χ0n) is 10.6. The molecule has 1 saturated carbocycles. The number of nitrogens with one attached hydrogen (secondary N) is 1. The van der Waals surface area contributed by atoms with E-state index in [1.807, 2.05) is 11.8 Å². The van der Waals surface area contributed by atoms with E-state index in [0.717, 1.165) is 19.3 Å². The number of nitrogens with two attached hydrogens (primary N) is 1. The molecule has 104 valence electrons. The Kier molecular flexibility index (Phi) is 4.87. The molecule has 6 heteroatoms. The average Bonchev–Trinajstić information content (AvgIpc) is 2.81. The van der Waals surface area contributed by atoms with Gasteiger partial charge in [0.15, 0.2) is 0 Å². The first-order valence-corrected chi connectivity index (χ1v) is 8.13. The summed E-state index contributed by atoms with van der Waals surface area (Å²) in [6.45, 7) is 0. The molecule has 0 aromatic heterocycles. The molecule has 0 bridgehead atoms. The molecule has 1 aliphatic rings. The number of halogens is 2. The molecule has 2 rings (SSSR count). The minimum absolute atomic E-state index is 0.203. The minimum atomic E-state index is -0.203. The van der Waals surface area contributed by atoms with Crippen LogP contribution in [0.5, 0.6) is 0 Å². The molecule has 1 aromatic carbocycles. The van der Waals surface area contributed by atoms with Crippen LogP contribution < -0.4 is 11.1 Å². The predicted molar refractivity (Wildman–Crippen MR) is 83.3 cm³/mol. The lowest BCUT2D eigenvalue weighted by Crippen LogP contribution is -2.33. The third kappa shape index (κ3) is 3.50. The molecule has 0 heterocycles. The van der Waals surface area contributed by atoms with Gasteiger partial charge in [-0.1, -0.05) is 23.2 Å². The maximum Gasteiger partial charge on any atom is 0.253 e. The van der Waals surface area contributed by atoms with E-state index in [2.05, 4.69) is 11.6 Å². The largest absolute Gasteiger partial charge is 0.399 e. The number of hydrogen-bond donors (Lipinski definition) is 2. The van der Waals surface area contributed by atoms with Crippen molar-refractivity contribution in [1.82, 2.24) is 5.32 Å². The smallest absolute Gasteiger partial charge is 0.253 e. The fraction of sp³-hybridized carbons (Fsp3) is 0.462. The van der Waals surface area contributed by atoms with E-state index in [-0.39, 0.29) is 17.0 Å². The number of carbonyl (C=O) groups is 1. The molecule has 1 amide bonds. The van der Waals surface area contributed by atoms with Crippen molar-refractivity contribution < 1.29 is 4.79 Å². The van der Waals surface area contributed by atoms with Gasteiger partial charge in [-0.05, 0) is 37.7 Å². The second kappa shape index (κ2) is 6.25. The predicted octanol–water partition coefficient (Wildman–Crippen LogP) is 3.59. The summed E-state index contributed by atoms with van der Waals surface area (Å²) in [5.74, 6) is -0.203. The Balaban J connectivity index is 2.08. The van der Waals surface area contributed by atoms with Crippen LogP contribution in [-0.4, -0.2) is 23.5 Å². The first kappa shape index (κ1) is 14.8. The number of anilines is 1. The first-order valence-electron chi connectivity index (χ1n) is 6.09. The molecule has 0 aliphatic heterocycles. The molecule has 3 N–H and O–H groups in total. The maximum atomic E-state index is 12.2. The van der Waals surface area contributed by atoms with Crippen molar-refractivity contribution in [2.45, 2.75) is 30.6 Å². The maximum absolute atomic E-state index is 12.2. The Morgan fingerprint density at radius 3 is 2.79 bits per heavy atom. The van der Waals surface area contributed by atoms with Gasteiger partial charge in [0.05, 0.1) is 15.6 Å². The number of rotatable bonds is 3. The number of benzene rings is 1. The van der Waals surface area contributed by atoms with Gasteiger partial charge in [0, 0.05) is 17.0 Å². The van der Waals surface area contributed by atoms with Crippen molar-refractivity contribution in [3.8, 4) is 0 Å². The molecule has 0 saturated heterocycles. The van der Waals surface area contributed by atoms with E-state index in [9.17, 15) is 4.79 Å². The van der Waals surface area contributed by atoms with Crippen molar-refractivity contribution in [3.05, 3.63) is 27.7 Å². The molecule has 1 aliphatic carbocycles. The van der Waals surface area contributed by atoms with Gasteiger partial charge in [0.2, 0.25) is 0 Å². The van der Waals surface area contributed by atoms with Crippen molar-refractivity contribution in [3.63, 3.8) is 0 Å². The normalized spacial score (nSPS) is 22.5. The van der Waals surface area contributed by atoms with Gasteiger partial charge in [-0.15, -0.1) is 0 Å². The Labute approximate surface area is 127 Å². The van der Waals surface area contributed by atoms with Gasteiger partial charge < -0.3 is 11.1 Å². The third-order valence-electron chi connectivity index (χ3n) is 3.35. The van der Waals surface area contributed by atoms with Crippen molar-refractivity contribution >= 4 is 46.6 Å². The highest BCUT2D eigenvalue weighted by molar-refractivity contribution is 7.99. The van der Waals surface area contributed by atoms with E-state index >= 15 is 0 Å². The second-order valence-corrected chi connectivity index (χ2v) is 6.63. The topological polar surface area (TPSA) is 55.1 Å². The second-order valence-electron chi connectivity index (χ2n) is 4.71. The molecule has 0 radical (unpaired) electrons. The molecule has 1 fully saturated rings. The number of thioether (sulfide) groups is 1. The monoisotopic (exact) mass is 318 g/mol. The number of hydrogen-bond acceptors (Lipinski definition) is 3. The van der Waals surface area contributed by atoms with Gasteiger partial charge in [0.25, 0.3) is 5.91 Å². The van der Waals surface area contributed by atoms with Gasteiger partial charge >= 0.3 is 0 Å². The standard InChI is InChI=1S/C13H16Cl2N2OS/c1-19-9-3-2-8(6-9)17-13(18)10-4-7(16)5-11(14)12(10)15/h4-5,8-9H,2-3,6,16H2,1H3,(H,17,18). The molecular formula is C13H16Cl2N2OS. The Bertz CT molecular complexity index is 496. The molecular weight excluding hydrogens is 303 g/mol. The lowest BCUT2D eigenvalue weighted by Gasteiger charge is -2.14. The lowest BCUT2D eigenvalue weighted by atomic mass is 10.1. The summed E-state index contributed by atoms with van der Waals surface area (Å²) >= 11 is 13.8. The van der Waals surface area contributed by atoms with E-state index in [1.165, 1.54) is 0 Å². The zero-order valence-corrected chi connectivity index (χ0v) is 12.9. The summed E-state index contributed by atoms with van der Waals surface area (Å²) in [6.07, 6.45) is 5.24.